The molecule has 1 heterocycles. The van der Waals surface area contributed by atoms with E-state index in [1.165, 1.54) is 6.07 Å². The van der Waals surface area contributed by atoms with Gasteiger partial charge in [-0.15, -0.1) is 0 Å². The predicted molar refractivity (Wildman–Crippen MR) is 79.8 cm³/mol. The summed E-state index contributed by atoms with van der Waals surface area (Å²) in [6.45, 7) is -0.0971. The molecule has 118 valence electrons. The van der Waals surface area contributed by atoms with E-state index in [1.54, 1.807) is 24.3 Å². The molecule has 0 unspecified atom stereocenters. The van der Waals surface area contributed by atoms with Crippen LogP contribution in [-0.2, 0) is 6.42 Å². The third-order valence-corrected chi connectivity index (χ3v) is 3.82. The molecule has 0 spiro atoms. The number of imide groups is 1. The highest BCUT2D eigenvalue weighted by molar-refractivity contribution is 6.21. The van der Waals surface area contributed by atoms with E-state index in [1.807, 2.05) is 0 Å². The summed E-state index contributed by atoms with van der Waals surface area (Å²) >= 11 is 0. The van der Waals surface area contributed by atoms with Crippen LogP contribution < -0.4 is 5.73 Å². The van der Waals surface area contributed by atoms with Crippen LogP contribution in [0.3, 0.4) is 0 Å². The Balaban J connectivity index is 1.76. The standard InChI is InChI=1S/C17H14F2N2O2/c18-14-6-3-7-15(19)13(14)8-10(20)9-21-16(22)11-4-1-2-5-12(11)17(21)23/h1-7,10H,8-9,20H2/t10-/m0/s1. The number of nitrogens with two attached hydrogens (primary N) is 1. The van der Waals surface area contributed by atoms with E-state index >= 15 is 0 Å². The SMILES string of the molecule is N[C@@H](Cc1c(F)cccc1F)CN1C(=O)c2ccccc2C1=O. The van der Waals surface area contributed by atoms with Gasteiger partial charge in [0.05, 0.1) is 11.1 Å². The Morgan fingerprint density at radius 2 is 1.43 bits per heavy atom. The summed E-state index contributed by atoms with van der Waals surface area (Å²) in [5.74, 6) is -2.25. The molecule has 2 aromatic carbocycles. The summed E-state index contributed by atoms with van der Waals surface area (Å²) in [5.41, 5.74) is 6.40. The first kappa shape index (κ1) is 15.3. The molecule has 3 rings (SSSR count). The Bertz CT molecular complexity index is 737. The summed E-state index contributed by atoms with van der Waals surface area (Å²) in [4.78, 5) is 25.5. The molecule has 0 bridgehead atoms. The van der Waals surface area contributed by atoms with Crippen molar-refractivity contribution in [1.29, 1.82) is 0 Å². The van der Waals surface area contributed by atoms with Gasteiger partial charge < -0.3 is 5.73 Å². The molecule has 0 radical (unpaired) electrons. The molecular weight excluding hydrogens is 302 g/mol. The second-order valence-electron chi connectivity index (χ2n) is 5.43. The molecule has 23 heavy (non-hydrogen) atoms. The lowest BCUT2D eigenvalue weighted by Crippen LogP contribution is -2.42. The van der Waals surface area contributed by atoms with Gasteiger partial charge >= 0.3 is 0 Å². The predicted octanol–water partition coefficient (Wildman–Crippen LogP) is 2.13. The van der Waals surface area contributed by atoms with Crippen LogP contribution in [0, 0.1) is 11.6 Å². The van der Waals surface area contributed by atoms with Crippen molar-refractivity contribution in [3.8, 4) is 0 Å². The summed E-state index contributed by atoms with van der Waals surface area (Å²) in [5, 5.41) is 0. The number of carbonyl (C=O) groups excluding carboxylic acids is 2. The second-order valence-corrected chi connectivity index (χ2v) is 5.43. The van der Waals surface area contributed by atoms with Crippen LogP contribution in [0.5, 0.6) is 0 Å². The molecule has 2 amide bonds. The van der Waals surface area contributed by atoms with Gasteiger partial charge in [-0.2, -0.15) is 0 Å². The zero-order chi connectivity index (χ0) is 16.6. The highest BCUT2D eigenvalue weighted by Gasteiger charge is 2.35. The van der Waals surface area contributed by atoms with Crippen molar-refractivity contribution in [3.05, 3.63) is 70.8 Å². The third kappa shape index (κ3) is 2.73. The minimum absolute atomic E-state index is 0.0971. The number of fused-ring (bicyclic) bond motifs is 1. The molecule has 6 heteroatoms. The number of benzene rings is 2. The number of hydrogen-bond acceptors (Lipinski definition) is 3. The minimum Gasteiger partial charge on any atom is -0.326 e. The Hall–Kier alpha value is -2.60. The Kier molecular flexibility index (Phi) is 3.92. The summed E-state index contributed by atoms with van der Waals surface area (Å²) in [7, 11) is 0. The maximum absolute atomic E-state index is 13.6. The first-order valence-electron chi connectivity index (χ1n) is 7.12. The van der Waals surface area contributed by atoms with Crippen LogP contribution in [0.25, 0.3) is 0 Å². The molecule has 0 aromatic heterocycles. The number of nitrogens with zero attached hydrogens (tertiary/aromatic N) is 1. The fraction of sp³-hybridized carbons (Fsp3) is 0.176. The maximum atomic E-state index is 13.6. The molecule has 0 aliphatic carbocycles. The highest BCUT2D eigenvalue weighted by Crippen LogP contribution is 2.23. The number of amides is 2. The van der Waals surface area contributed by atoms with Crippen LogP contribution in [0.15, 0.2) is 42.5 Å². The summed E-state index contributed by atoms with van der Waals surface area (Å²) < 4.78 is 27.3. The van der Waals surface area contributed by atoms with Gasteiger partial charge in [-0.3, -0.25) is 14.5 Å². The van der Waals surface area contributed by atoms with Crippen LogP contribution >= 0.6 is 0 Å². The lowest BCUT2D eigenvalue weighted by Gasteiger charge is -2.19. The average Bonchev–Trinajstić information content (AvgIpc) is 2.77. The molecule has 0 saturated carbocycles. The lowest BCUT2D eigenvalue weighted by molar-refractivity contribution is 0.0644. The Labute approximate surface area is 131 Å². The summed E-state index contributed by atoms with van der Waals surface area (Å²) in [6.07, 6.45) is -0.105. The van der Waals surface area contributed by atoms with Crippen LogP contribution in [-0.4, -0.2) is 29.3 Å². The van der Waals surface area contributed by atoms with E-state index in [4.69, 9.17) is 5.73 Å². The van der Waals surface area contributed by atoms with Gasteiger partial charge in [-0.05, 0) is 30.7 Å². The monoisotopic (exact) mass is 316 g/mol. The van der Waals surface area contributed by atoms with Crippen molar-refractivity contribution in [3.63, 3.8) is 0 Å². The van der Waals surface area contributed by atoms with Crippen molar-refractivity contribution >= 4 is 11.8 Å². The molecule has 2 N–H and O–H groups in total. The van der Waals surface area contributed by atoms with Crippen LogP contribution in [0.2, 0.25) is 0 Å². The Morgan fingerprint density at radius 1 is 0.913 bits per heavy atom. The fourth-order valence-corrected chi connectivity index (χ4v) is 2.69. The third-order valence-electron chi connectivity index (χ3n) is 3.82. The number of halogens is 2. The van der Waals surface area contributed by atoms with Crippen molar-refractivity contribution < 1.29 is 18.4 Å². The lowest BCUT2D eigenvalue weighted by atomic mass is 10.0. The molecular formula is C17H14F2N2O2. The largest absolute Gasteiger partial charge is 0.326 e. The van der Waals surface area contributed by atoms with Gasteiger partial charge in [-0.25, -0.2) is 8.78 Å². The van der Waals surface area contributed by atoms with Crippen molar-refractivity contribution in [2.75, 3.05) is 6.54 Å². The molecule has 1 aliphatic heterocycles. The smallest absolute Gasteiger partial charge is 0.261 e. The quantitative estimate of drug-likeness (QED) is 0.879. The summed E-state index contributed by atoms with van der Waals surface area (Å²) in [6, 6.07) is 9.27. The van der Waals surface area contributed by atoms with Gasteiger partial charge in [0.25, 0.3) is 11.8 Å². The zero-order valence-corrected chi connectivity index (χ0v) is 12.1. The van der Waals surface area contributed by atoms with Gasteiger partial charge in [0.2, 0.25) is 0 Å². The van der Waals surface area contributed by atoms with Crippen molar-refractivity contribution in [2.24, 2.45) is 5.73 Å². The van der Waals surface area contributed by atoms with E-state index in [9.17, 15) is 18.4 Å². The maximum Gasteiger partial charge on any atom is 0.261 e. The second kappa shape index (κ2) is 5.89. The van der Waals surface area contributed by atoms with Gasteiger partial charge in [-0.1, -0.05) is 18.2 Å². The van der Waals surface area contributed by atoms with Crippen LogP contribution in [0.4, 0.5) is 8.78 Å². The zero-order valence-electron chi connectivity index (χ0n) is 12.1. The molecule has 1 aliphatic rings. The van der Waals surface area contributed by atoms with E-state index in [0.717, 1.165) is 17.0 Å². The molecule has 1 atom stereocenters. The normalized spacial score (nSPS) is 15.0. The van der Waals surface area contributed by atoms with Gasteiger partial charge in [0.15, 0.2) is 0 Å². The first-order chi connectivity index (χ1) is 11.0. The van der Waals surface area contributed by atoms with E-state index in [0.29, 0.717) is 11.1 Å². The van der Waals surface area contributed by atoms with E-state index < -0.39 is 29.5 Å². The number of carbonyl (C=O) groups is 2. The van der Waals surface area contributed by atoms with Crippen molar-refractivity contribution in [2.45, 2.75) is 12.5 Å². The highest BCUT2D eigenvalue weighted by atomic mass is 19.1. The Morgan fingerprint density at radius 3 is 1.96 bits per heavy atom. The van der Waals surface area contributed by atoms with Crippen molar-refractivity contribution in [1.82, 2.24) is 4.90 Å². The number of hydrogen-bond donors (Lipinski definition) is 1. The van der Waals surface area contributed by atoms with Crippen LogP contribution in [0.1, 0.15) is 26.3 Å². The number of rotatable bonds is 4. The molecule has 0 saturated heterocycles. The average molecular weight is 316 g/mol. The van der Waals surface area contributed by atoms with E-state index in [2.05, 4.69) is 0 Å². The molecule has 0 fully saturated rings. The van der Waals surface area contributed by atoms with E-state index in [-0.39, 0.29) is 18.5 Å². The fourth-order valence-electron chi connectivity index (χ4n) is 2.69. The van der Waals surface area contributed by atoms with Gasteiger partial charge in [0, 0.05) is 18.2 Å². The van der Waals surface area contributed by atoms with Gasteiger partial charge in [0.1, 0.15) is 11.6 Å². The first-order valence-corrected chi connectivity index (χ1v) is 7.12. The topological polar surface area (TPSA) is 63.4 Å². The molecule has 4 nitrogen and oxygen atoms in total. The molecule has 2 aromatic rings. The minimum atomic E-state index is -0.761.